The van der Waals surface area contributed by atoms with Crippen molar-refractivity contribution in [3.05, 3.63) is 107 Å². The molecule has 0 aliphatic carbocycles. The van der Waals surface area contributed by atoms with Gasteiger partial charge in [-0.3, -0.25) is 4.90 Å². The van der Waals surface area contributed by atoms with Gasteiger partial charge in [-0.15, -0.1) is 0 Å². The molecule has 1 unspecified atom stereocenters. The van der Waals surface area contributed by atoms with E-state index in [9.17, 15) is 18.0 Å². The molecule has 9 heteroatoms. The van der Waals surface area contributed by atoms with Crippen molar-refractivity contribution in [3.8, 4) is 11.4 Å². The molecular weight excluding hydrogens is 457 g/mol. The van der Waals surface area contributed by atoms with Crippen molar-refractivity contribution in [2.75, 3.05) is 4.90 Å². The number of benzene rings is 3. The molecule has 0 saturated carbocycles. The van der Waals surface area contributed by atoms with Gasteiger partial charge in [0, 0.05) is 11.3 Å². The number of hydrogen-bond acceptors (Lipinski definition) is 4. The predicted octanol–water partition coefficient (Wildman–Crippen LogP) is 6.16. The van der Waals surface area contributed by atoms with Crippen LogP contribution in [-0.4, -0.2) is 16.2 Å². The number of hydrogen-bond donors (Lipinski definition) is 1. The van der Waals surface area contributed by atoms with E-state index in [1.54, 1.807) is 38.1 Å². The van der Waals surface area contributed by atoms with Crippen LogP contribution in [0.25, 0.3) is 17.0 Å². The smallest absolute Gasteiger partial charge is 0.326 e. The number of aryl methyl sites for hydroxylation is 1. The molecule has 0 saturated heterocycles. The number of halogens is 3. The van der Waals surface area contributed by atoms with Gasteiger partial charge in [-0.25, -0.2) is 18.0 Å². The minimum atomic E-state index is -0.735. The molecule has 0 fully saturated rings. The Morgan fingerprint density at radius 3 is 2.43 bits per heavy atom. The van der Waals surface area contributed by atoms with E-state index < -0.39 is 29.5 Å². The van der Waals surface area contributed by atoms with Crippen molar-refractivity contribution < 1.29 is 22.5 Å². The van der Waals surface area contributed by atoms with Crippen molar-refractivity contribution in [1.29, 1.82) is 0 Å². The summed E-state index contributed by atoms with van der Waals surface area (Å²) in [7, 11) is 0. The van der Waals surface area contributed by atoms with E-state index in [4.69, 9.17) is 4.52 Å². The Kier molecular flexibility index (Phi) is 5.60. The molecule has 0 radical (unpaired) electrons. The molecule has 35 heavy (non-hydrogen) atoms. The molecular formula is C26H19F3N4O2. The van der Waals surface area contributed by atoms with Crippen LogP contribution < -0.4 is 10.2 Å². The van der Waals surface area contributed by atoms with Crippen LogP contribution in [-0.2, 0) is 0 Å². The SMILES string of the molecule is CC1=C(c2nc(-c3cccc(F)c3)no2)C(c2ccc(F)cc2)NC(=O)N1c1ccc(F)c(C)c1. The monoisotopic (exact) mass is 476 g/mol. The quantitative estimate of drug-likeness (QED) is 0.383. The van der Waals surface area contributed by atoms with E-state index in [0.717, 1.165) is 0 Å². The second-order valence-corrected chi connectivity index (χ2v) is 8.14. The van der Waals surface area contributed by atoms with Crippen LogP contribution in [0, 0.1) is 24.4 Å². The Labute approximate surface area is 198 Å². The third-order valence-electron chi connectivity index (χ3n) is 5.83. The number of nitrogens with zero attached hydrogens (tertiary/aromatic N) is 3. The summed E-state index contributed by atoms with van der Waals surface area (Å²) in [4.78, 5) is 19.0. The van der Waals surface area contributed by atoms with Crippen molar-refractivity contribution in [2.24, 2.45) is 0 Å². The number of carbonyl (C=O) groups excluding carboxylic acids is 1. The van der Waals surface area contributed by atoms with Gasteiger partial charge in [0.25, 0.3) is 5.89 Å². The summed E-state index contributed by atoms with van der Waals surface area (Å²) >= 11 is 0. The minimum Gasteiger partial charge on any atom is -0.334 e. The molecule has 176 valence electrons. The predicted molar refractivity (Wildman–Crippen MR) is 124 cm³/mol. The Morgan fingerprint density at radius 2 is 1.71 bits per heavy atom. The Bertz CT molecular complexity index is 1460. The number of carbonyl (C=O) groups is 1. The normalized spacial score (nSPS) is 16.0. The summed E-state index contributed by atoms with van der Waals surface area (Å²) in [6.45, 7) is 3.31. The lowest BCUT2D eigenvalue weighted by atomic mass is 9.94. The zero-order valence-electron chi connectivity index (χ0n) is 18.7. The fraction of sp³-hybridized carbons (Fsp3) is 0.115. The van der Waals surface area contributed by atoms with Gasteiger partial charge in [0.2, 0.25) is 5.82 Å². The maximum atomic E-state index is 13.9. The molecule has 6 nitrogen and oxygen atoms in total. The average Bonchev–Trinajstić information content (AvgIpc) is 3.31. The number of anilines is 1. The number of rotatable bonds is 4. The van der Waals surface area contributed by atoms with E-state index in [1.165, 1.54) is 47.4 Å². The molecule has 1 aliphatic rings. The molecule has 3 aromatic carbocycles. The molecule has 1 aliphatic heterocycles. The first-order valence-corrected chi connectivity index (χ1v) is 10.7. The van der Waals surface area contributed by atoms with Gasteiger partial charge in [0.05, 0.1) is 17.3 Å². The van der Waals surface area contributed by atoms with Gasteiger partial charge in [-0.2, -0.15) is 4.98 Å². The van der Waals surface area contributed by atoms with Crippen LogP contribution in [0.3, 0.4) is 0 Å². The standard InChI is InChI=1S/C26H19F3N4O2/c1-14-12-20(10-11-21(14)29)33-15(2)22(23(30-26(33)34)16-6-8-18(27)9-7-16)25-31-24(32-35-25)17-4-3-5-19(28)13-17/h3-13,23H,1-2H3,(H,30,34). The van der Waals surface area contributed by atoms with E-state index in [-0.39, 0.29) is 11.7 Å². The maximum absolute atomic E-state index is 13.9. The van der Waals surface area contributed by atoms with E-state index in [0.29, 0.717) is 33.6 Å². The van der Waals surface area contributed by atoms with Crippen molar-refractivity contribution >= 4 is 17.3 Å². The Hall–Kier alpha value is -4.40. The first-order chi connectivity index (χ1) is 16.8. The molecule has 1 aromatic heterocycles. The van der Waals surface area contributed by atoms with Gasteiger partial charge in [-0.1, -0.05) is 29.4 Å². The molecule has 5 rings (SSSR count). The van der Waals surface area contributed by atoms with Crippen LogP contribution in [0.4, 0.5) is 23.7 Å². The maximum Gasteiger partial charge on any atom is 0.326 e. The molecule has 2 heterocycles. The zero-order valence-corrected chi connectivity index (χ0v) is 18.7. The van der Waals surface area contributed by atoms with Crippen molar-refractivity contribution in [2.45, 2.75) is 19.9 Å². The first kappa shape index (κ1) is 22.4. The summed E-state index contributed by atoms with van der Waals surface area (Å²) in [6, 6.07) is 14.6. The largest absolute Gasteiger partial charge is 0.334 e. The lowest BCUT2D eigenvalue weighted by Crippen LogP contribution is -2.46. The number of amides is 2. The van der Waals surface area contributed by atoms with Crippen LogP contribution in [0.2, 0.25) is 0 Å². The number of nitrogens with one attached hydrogen (secondary N) is 1. The van der Waals surface area contributed by atoms with Crippen LogP contribution in [0.15, 0.2) is 77.0 Å². The molecule has 2 amide bonds. The van der Waals surface area contributed by atoms with Crippen LogP contribution >= 0.6 is 0 Å². The van der Waals surface area contributed by atoms with Crippen LogP contribution in [0.5, 0.6) is 0 Å². The summed E-state index contributed by atoms with van der Waals surface area (Å²) in [5.74, 6) is -1.00. The second-order valence-electron chi connectivity index (χ2n) is 8.14. The Morgan fingerprint density at radius 1 is 0.943 bits per heavy atom. The second kappa shape index (κ2) is 8.75. The van der Waals surface area contributed by atoms with E-state index >= 15 is 0 Å². The molecule has 4 aromatic rings. The topological polar surface area (TPSA) is 71.3 Å². The van der Waals surface area contributed by atoms with E-state index in [2.05, 4.69) is 15.5 Å². The van der Waals surface area contributed by atoms with Gasteiger partial charge < -0.3 is 9.84 Å². The van der Waals surface area contributed by atoms with Crippen LogP contribution in [0.1, 0.15) is 30.0 Å². The fourth-order valence-electron chi connectivity index (χ4n) is 4.08. The highest BCUT2D eigenvalue weighted by Crippen LogP contribution is 2.39. The van der Waals surface area contributed by atoms with Gasteiger partial charge in [0.15, 0.2) is 0 Å². The highest BCUT2D eigenvalue weighted by Gasteiger charge is 2.36. The third kappa shape index (κ3) is 4.16. The zero-order chi connectivity index (χ0) is 24.7. The third-order valence-corrected chi connectivity index (χ3v) is 5.83. The summed E-state index contributed by atoms with van der Waals surface area (Å²) in [5.41, 5.74) is 2.75. The molecule has 0 spiro atoms. The van der Waals surface area contributed by atoms with E-state index in [1.807, 2.05) is 0 Å². The molecule has 1 N–H and O–H groups in total. The average molecular weight is 476 g/mol. The highest BCUT2D eigenvalue weighted by atomic mass is 19.1. The fourth-order valence-corrected chi connectivity index (χ4v) is 4.08. The van der Waals surface area contributed by atoms with Gasteiger partial charge >= 0.3 is 6.03 Å². The number of urea groups is 1. The van der Waals surface area contributed by atoms with Gasteiger partial charge in [-0.05, 0) is 67.4 Å². The van der Waals surface area contributed by atoms with Crippen molar-refractivity contribution in [3.63, 3.8) is 0 Å². The first-order valence-electron chi connectivity index (χ1n) is 10.7. The van der Waals surface area contributed by atoms with Crippen molar-refractivity contribution in [1.82, 2.24) is 15.5 Å². The minimum absolute atomic E-state index is 0.0971. The highest BCUT2D eigenvalue weighted by molar-refractivity contribution is 6.01. The molecule has 1 atom stereocenters. The lowest BCUT2D eigenvalue weighted by molar-refractivity contribution is 0.244. The van der Waals surface area contributed by atoms with Gasteiger partial charge in [0.1, 0.15) is 17.5 Å². The summed E-state index contributed by atoms with van der Waals surface area (Å²) in [5, 5.41) is 6.89. The number of aromatic nitrogens is 2. The summed E-state index contributed by atoms with van der Waals surface area (Å²) < 4.78 is 46.8. The Balaban J connectivity index is 1.66. The number of allylic oxidation sites excluding steroid dienone is 1. The summed E-state index contributed by atoms with van der Waals surface area (Å²) in [6.07, 6.45) is 0. The lowest BCUT2D eigenvalue weighted by Gasteiger charge is -2.35. The molecule has 0 bridgehead atoms.